The Morgan fingerprint density at radius 3 is 3.06 bits per heavy atom. The molecule has 2 heterocycles. The van der Waals surface area contributed by atoms with E-state index in [1.807, 2.05) is 25.1 Å². The highest BCUT2D eigenvalue weighted by atomic mass is 16.7. The van der Waals surface area contributed by atoms with Crippen LogP contribution in [0.4, 0.5) is 0 Å². The third kappa shape index (κ3) is 1.61. The van der Waals surface area contributed by atoms with Gasteiger partial charge in [0.1, 0.15) is 11.3 Å². The molecule has 2 aromatic rings. The van der Waals surface area contributed by atoms with E-state index in [0.29, 0.717) is 29.9 Å². The molecule has 0 bridgehead atoms. The number of ether oxygens (including phenoxy) is 2. The minimum Gasteiger partial charge on any atom is -0.463 e. The molecule has 0 saturated carbocycles. The van der Waals surface area contributed by atoms with Crippen LogP contribution in [0.5, 0.6) is 5.75 Å². The van der Waals surface area contributed by atoms with Gasteiger partial charge in [0, 0.05) is 13.0 Å². The summed E-state index contributed by atoms with van der Waals surface area (Å²) in [6.45, 7) is 2.45. The van der Waals surface area contributed by atoms with E-state index >= 15 is 0 Å². The van der Waals surface area contributed by atoms with Crippen LogP contribution >= 0.6 is 0 Å². The van der Waals surface area contributed by atoms with Gasteiger partial charge in [0.2, 0.25) is 6.29 Å². The van der Waals surface area contributed by atoms with Crippen LogP contribution in [0.3, 0.4) is 0 Å². The van der Waals surface area contributed by atoms with E-state index < -0.39 is 0 Å². The minimum atomic E-state index is -0.372. The first-order chi connectivity index (χ1) is 8.29. The van der Waals surface area contributed by atoms with Crippen LogP contribution in [0.1, 0.15) is 12.5 Å². The van der Waals surface area contributed by atoms with Gasteiger partial charge in [-0.25, -0.2) is 4.79 Å². The van der Waals surface area contributed by atoms with Gasteiger partial charge in [0.05, 0.1) is 10.9 Å². The van der Waals surface area contributed by atoms with E-state index in [0.717, 1.165) is 5.39 Å². The smallest absolute Gasteiger partial charge is 0.343 e. The highest BCUT2D eigenvalue weighted by Crippen LogP contribution is 2.34. The zero-order valence-electron chi connectivity index (χ0n) is 9.43. The molecule has 1 aromatic heterocycles. The summed E-state index contributed by atoms with van der Waals surface area (Å²) in [6.07, 6.45) is 0.0831. The van der Waals surface area contributed by atoms with Crippen molar-refractivity contribution in [1.29, 1.82) is 0 Å². The molecule has 1 unspecified atom stereocenters. The Balaban J connectivity index is 2.17. The second kappa shape index (κ2) is 3.89. The number of para-hydroxylation sites is 1. The van der Waals surface area contributed by atoms with E-state index in [9.17, 15) is 4.79 Å². The maximum atomic E-state index is 11.8. The van der Waals surface area contributed by atoms with Gasteiger partial charge in [-0.15, -0.1) is 0 Å². The number of hydrogen-bond donors (Lipinski definition) is 0. The van der Waals surface area contributed by atoms with Gasteiger partial charge in [-0.1, -0.05) is 12.1 Å². The molecule has 1 aromatic carbocycles. The van der Waals surface area contributed by atoms with E-state index in [1.54, 1.807) is 6.07 Å². The van der Waals surface area contributed by atoms with Crippen LogP contribution in [0, 0.1) is 0 Å². The van der Waals surface area contributed by atoms with E-state index in [4.69, 9.17) is 13.9 Å². The monoisotopic (exact) mass is 232 g/mol. The molecule has 17 heavy (non-hydrogen) atoms. The van der Waals surface area contributed by atoms with E-state index in [1.165, 1.54) is 0 Å². The Hall–Kier alpha value is -1.81. The van der Waals surface area contributed by atoms with Gasteiger partial charge in [-0.05, 0) is 19.1 Å². The molecule has 0 N–H and O–H groups in total. The Bertz CT molecular complexity index is 614. The van der Waals surface area contributed by atoms with Crippen molar-refractivity contribution in [3.05, 3.63) is 40.2 Å². The fourth-order valence-electron chi connectivity index (χ4n) is 2.09. The minimum absolute atomic E-state index is 0.332. The summed E-state index contributed by atoms with van der Waals surface area (Å²) in [4.78, 5) is 11.8. The van der Waals surface area contributed by atoms with Crippen LogP contribution in [0.2, 0.25) is 0 Å². The van der Waals surface area contributed by atoms with Crippen molar-refractivity contribution in [2.45, 2.75) is 19.6 Å². The number of rotatable bonds is 2. The highest BCUT2D eigenvalue weighted by molar-refractivity contribution is 5.84. The van der Waals surface area contributed by atoms with Crippen molar-refractivity contribution in [2.24, 2.45) is 0 Å². The fourth-order valence-corrected chi connectivity index (χ4v) is 2.09. The number of fused-ring (bicyclic) bond motifs is 3. The van der Waals surface area contributed by atoms with Gasteiger partial charge in [-0.2, -0.15) is 0 Å². The molecule has 0 radical (unpaired) electrons. The van der Waals surface area contributed by atoms with Gasteiger partial charge < -0.3 is 13.9 Å². The zero-order valence-corrected chi connectivity index (χ0v) is 9.43. The molecule has 0 fully saturated rings. The summed E-state index contributed by atoms with van der Waals surface area (Å²) < 4.78 is 16.3. The summed E-state index contributed by atoms with van der Waals surface area (Å²) in [5.74, 6) is 0.607. The van der Waals surface area contributed by atoms with E-state index in [2.05, 4.69) is 0 Å². The van der Waals surface area contributed by atoms with Crippen molar-refractivity contribution in [3.8, 4) is 5.75 Å². The fraction of sp³-hybridized carbons (Fsp3) is 0.308. The molecule has 1 aliphatic rings. The van der Waals surface area contributed by atoms with Crippen molar-refractivity contribution in [2.75, 3.05) is 6.61 Å². The first kappa shape index (κ1) is 10.4. The molecule has 4 heteroatoms. The third-order valence-corrected chi connectivity index (χ3v) is 2.83. The van der Waals surface area contributed by atoms with Crippen LogP contribution in [0.15, 0.2) is 33.5 Å². The maximum Gasteiger partial charge on any atom is 0.343 e. The number of hydrogen-bond acceptors (Lipinski definition) is 4. The third-order valence-electron chi connectivity index (χ3n) is 2.83. The first-order valence-electron chi connectivity index (χ1n) is 5.62. The van der Waals surface area contributed by atoms with Crippen LogP contribution in [0.25, 0.3) is 11.0 Å². The predicted octanol–water partition coefficient (Wildman–Crippen LogP) is 2.09. The Kier molecular flexibility index (Phi) is 2.37. The quantitative estimate of drug-likeness (QED) is 0.744. The molecular weight excluding hydrogens is 220 g/mol. The second-order valence-electron chi connectivity index (χ2n) is 3.90. The summed E-state index contributed by atoms with van der Waals surface area (Å²) in [5, 5.41) is 0.823. The van der Waals surface area contributed by atoms with Crippen molar-refractivity contribution in [3.63, 3.8) is 0 Å². The predicted molar refractivity (Wildman–Crippen MR) is 62.2 cm³/mol. The van der Waals surface area contributed by atoms with Crippen molar-refractivity contribution >= 4 is 11.0 Å². The van der Waals surface area contributed by atoms with Gasteiger partial charge >= 0.3 is 5.63 Å². The molecule has 1 aliphatic heterocycles. The van der Waals surface area contributed by atoms with Crippen LogP contribution < -0.4 is 10.4 Å². The Morgan fingerprint density at radius 2 is 2.24 bits per heavy atom. The molecule has 0 amide bonds. The summed E-state index contributed by atoms with van der Waals surface area (Å²) in [6, 6.07) is 7.35. The average molecular weight is 232 g/mol. The molecule has 0 aliphatic carbocycles. The first-order valence-corrected chi connectivity index (χ1v) is 5.62. The summed E-state index contributed by atoms with van der Waals surface area (Å²) in [7, 11) is 0. The topological polar surface area (TPSA) is 48.7 Å². The molecule has 0 spiro atoms. The van der Waals surface area contributed by atoms with Gasteiger partial charge in [0.25, 0.3) is 0 Å². The van der Waals surface area contributed by atoms with Crippen molar-refractivity contribution < 1.29 is 13.9 Å². The average Bonchev–Trinajstić information content (AvgIpc) is 2.74. The maximum absolute atomic E-state index is 11.8. The molecule has 4 nitrogen and oxygen atoms in total. The van der Waals surface area contributed by atoms with E-state index in [-0.39, 0.29) is 11.9 Å². The van der Waals surface area contributed by atoms with Crippen molar-refractivity contribution in [1.82, 2.24) is 0 Å². The van der Waals surface area contributed by atoms with Gasteiger partial charge in [-0.3, -0.25) is 0 Å². The zero-order chi connectivity index (χ0) is 11.8. The molecule has 3 rings (SSSR count). The summed E-state index contributed by atoms with van der Waals surface area (Å²) >= 11 is 0. The lowest BCUT2D eigenvalue weighted by Gasteiger charge is -2.09. The lowest BCUT2D eigenvalue weighted by Crippen LogP contribution is -2.17. The summed E-state index contributed by atoms with van der Waals surface area (Å²) in [5.41, 5.74) is 0.788. The molecule has 1 atom stereocenters. The Labute approximate surface area is 97.8 Å². The molecule has 0 saturated heterocycles. The van der Waals surface area contributed by atoms with Crippen LogP contribution in [-0.2, 0) is 11.2 Å². The van der Waals surface area contributed by atoms with Crippen LogP contribution in [-0.4, -0.2) is 12.9 Å². The molecule has 88 valence electrons. The lowest BCUT2D eigenvalue weighted by atomic mass is 10.1. The SMILES string of the molecule is CCOC1Cc2c(c3ccccc3oc2=O)O1. The second-order valence-corrected chi connectivity index (χ2v) is 3.90. The largest absolute Gasteiger partial charge is 0.463 e. The lowest BCUT2D eigenvalue weighted by molar-refractivity contribution is -0.0596. The molecular formula is C13H12O4. The standard InChI is InChI=1S/C13H12O4/c1-2-15-11-7-9-12(17-11)8-5-3-4-6-10(8)16-13(9)14/h3-6,11H,2,7H2,1H3. The Morgan fingerprint density at radius 1 is 1.41 bits per heavy atom. The normalized spacial score (nSPS) is 18.1. The number of benzene rings is 1. The van der Waals surface area contributed by atoms with Gasteiger partial charge in [0.15, 0.2) is 0 Å². The highest BCUT2D eigenvalue weighted by Gasteiger charge is 2.29.